The summed E-state index contributed by atoms with van der Waals surface area (Å²) < 4.78 is 7.00. The minimum Gasteiger partial charge on any atom is -0.448 e. The van der Waals surface area contributed by atoms with Crippen molar-refractivity contribution in [2.45, 2.75) is 37.6 Å². The van der Waals surface area contributed by atoms with E-state index >= 15 is 0 Å². The number of aromatic nitrogens is 2. The number of nitrogens with one attached hydrogen (secondary N) is 1. The molecule has 1 fully saturated rings. The second-order valence-electron chi connectivity index (χ2n) is 8.08. The second kappa shape index (κ2) is 7.44. The van der Waals surface area contributed by atoms with Crippen LogP contribution in [0.2, 0.25) is 0 Å². The van der Waals surface area contributed by atoms with E-state index in [9.17, 15) is 9.59 Å². The molecule has 6 nitrogen and oxygen atoms in total. The van der Waals surface area contributed by atoms with Crippen LogP contribution in [0.4, 0.5) is 0 Å². The fraction of sp³-hybridized carbons (Fsp3) is 0.292. The molecule has 0 spiro atoms. The number of nitrogens with zero attached hydrogens (tertiary/aromatic N) is 2. The second-order valence-corrected chi connectivity index (χ2v) is 8.08. The van der Waals surface area contributed by atoms with Crippen LogP contribution in [0.15, 0.2) is 70.1 Å². The highest BCUT2D eigenvalue weighted by atomic mass is 16.3. The van der Waals surface area contributed by atoms with Gasteiger partial charge in [-0.1, -0.05) is 55.3 Å². The lowest BCUT2D eigenvalue weighted by molar-refractivity contribution is -0.122. The number of carbonyl (C=O) groups excluding carboxylic acids is 1. The van der Waals surface area contributed by atoms with Crippen LogP contribution in [0.5, 0.6) is 0 Å². The normalized spacial score (nSPS) is 15.6. The Morgan fingerprint density at radius 2 is 1.80 bits per heavy atom. The number of rotatable bonds is 5. The van der Waals surface area contributed by atoms with Crippen LogP contribution >= 0.6 is 0 Å². The van der Waals surface area contributed by atoms with Crippen molar-refractivity contribution in [3.8, 4) is 0 Å². The zero-order valence-corrected chi connectivity index (χ0v) is 16.6. The molecular weight excluding hydrogens is 378 g/mol. The van der Waals surface area contributed by atoms with Gasteiger partial charge in [0.2, 0.25) is 11.5 Å². The molecule has 1 N–H and O–H groups in total. The highest BCUT2D eigenvalue weighted by molar-refractivity contribution is 6.01. The van der Waals surface area contributed by atoms with Crippen molar-refractivity contribution in [3.63, 3.8) is 0 Å². The molecule has 152 valence electrons. The van der Waals surface area contributed by atoms with Gasteiger partial charge < -0.3 is 9.73 Å². The maximum Gasteiger partial charge on any atom is 0.297 e. The van der Waals surface area contributed by atoms with Gasteiger partial charge in [0.15, 0.2) is 0 Å². The molecule has 2 heterocycles. The standard InChI is InChI=1S/C24H23N3O3/c28-20(25-15-24(12-6-7-13-24)17-8-2-1-3-9-17)14-27-16-26-21-18-10-4-5-11-19(18)30-22(21)23(27)29/h1-5,8-11,16H,6-7,12-15H2,(H,25,28). The van der Waals surface area contributed by atoms with Crippen LogP contribution in [0.1, 0.15) is 31.2 Å². The van der Waals surface area contributed by atoms with E-state index < -0.39 is 0 Å². The average Bonchev–Trinajstić information content (AvgIpc) is 3.41. The Balaban J connectivity index is 1.35. The van der Waals surface area contributed by atoms with Crippen molar-refractivity contribution in [1.29, 1.82) is 0 Å². The van der Waals surface area contributed by atoms with Gasteiger partial charge in [0.25, 0.3) is 5.56 Å². The van der Waals surface area contributed by atoms with Crippen LogP contribution in [-0.4, -0.2) is 22.0 Å². The zero-order chi connectivity index (χ0) is 20.6. The van der Waals surface area contributed by atoms with Gasteiger partial charge in [0.05, 0.1) is 6.33 Å². The highest BCUT2D eigenvalue weighted by Gasteiger charge is 2.35. The molecule has 2 aromatic carbocycles. The molecule has 1 amide bonds. The van der Waals surface area contributed by atoms with E-state index in [0.29, 0.717) is 17.6 Å². The van der Waals surface area contributed by atoms with Gasteiger partial charge in [-0.3, -0.25) is 14.2 Å². The van der Waals surface area contributed by atoms with Crippen molar-refractivity contribution in [1.82, 2.24) is 14.9 Å². The smallest absolute Gasteiger partial charge is 0.297 e. The van der Waals surface area contributed by atoms with Crippen LogP contribution in [0, 0.1) is 0 Å². The third kappa shape index (κ3) is 3.18. The monoisotopic (exact) mass is 401 g/mol. The molecule has 1 saturated carbocycles. The van der Waals surface area contributed by atoms with E-state index in [-0.39, 0.29) is 29.0 Å². The van der Waals surface area contributed by atoms with E-state index in [1.54, 1.807) is 6.07 Å². The summed E-state index contributed by atoms with van der Waals surface area (Å²) in [7, 11) is 0. The predicted molar refractivity (Wildman–Crippen MR) is 115 cm³/mol. The first kappa shape index (κ1) is 18.6. The Kier molecular flexibility index (Phi) is 4.62. The summed E-state index contributed by atoms with van der Waals surface area (Å²) in [6, 6.07) is 17.8. The summed E-state index contributed by atoms with van der Waals surface area (Å²) in [4.78, 5) is 29.9. The minimum atomic E-state index is -0.343. The van der Waals surface area contributed by atoms with Gasteiger partial charge in [-0.2, -0.15) is 0 Å². The number of benzene rings is 2. The first-order valence-corrected chi connectivity index (χ1v) is 10.4. The molecule has 0 aliphatic heterocycles. The largest absolute Gasteiger partial charge is 0.448 e. The lowest BCUT2D eigenvalue weighted by atomic mass is 9.79. The van der Waals surface area contributed by atoms with E-state index in [1.807, 2.05) is 36.4 Å². The Morgan fingerprint density at radius 3 is 2.60 bits per heavy atom. The molecule has 1 aliphatic carbocycles. The third-order valence-corrected chi connectivity index (χ3v) is 6.24. The SMILES string of the molecule is O=C(Cn1cnc2c(oc3ccccc32)c1=O)NCC1(c2ccccc2)CCCC1. The lowest BCUT2D eigenvalue weighted by Crippen LogP contribution is -2.41. The van der Waals surface area contributed by atoms with Gasteiger partial charge >= 0.3 is 0 Å². The molecule has 30 heavy (non-hydrogen) atoms. The number of hydrogen-bond acceptors (Lipinski definition) is 4. The first-order chi connectivity index (χ1) is 14.7. The van der Waals surface area contributed by atoms with Crippen molar-refractivity contribution >= 4 is 28.0 Å². The molecule has 0 bridgehead atoms. The van der Waals surface area contributed by atoms with Gasteiger partial charge in [-0.25, -0.2) is 4.98 Å². The summed E-state index contributed by atoms with van der Waals surface area (Å²) in [6.45, 7) is 0.495. The summed E-state index contributed by atoms with van der Waals surface area (Å²) in [6.07, 6.45) is 5.87. The number of fused-ring (bicyclic) bond motifs is 3. The fourth-order valence-electron chi connectivity index (χ4n) is 4.62. The minimum absolute atomic E-state index is 0.0250. The summed E-state index contributed by atoms with van der Waals surface area (Å²) >= 11 is 0. The highest BCUT2D eigenvalue weighted by Crippen LogP contribution is 2.40. The van der Waals surface area contributed by atoms with Crippen molar-refractivity contribution in [2.24, 2.45) is 0 Å². The summed E-state index contributed by atoms with van der Waals surface area (Å²) in [5.74, 6) is -0.198. The van der Waals surface area contributed by atoms with E-state index in [2.05, 4.69) is 22.4 Å². The van der Waals surface area contributed by atoms with Gasteiger partial charge in [-0.05, 0) is 30.5 Å². The Labute approximate surface area is 173 Å². The molecule has 0 atom stereocenters. The lowest BCUT2D eigenvalue weighted by Gasteiger charge is -2.30. The van der Waals surface area contributed by atoms with Crippen molar-refractivity contribution in [3.05, 3.63) is 76.8 Å². The fourth-order valence-corrected chi connectivity index (χ4v) is 4.62. The Bertz CT molecular complexity index is 1270. The Morgan fingerprint density at radius 1 is 1.07 bits per heavy atom. The van der Waals surface area contributed by atoms with Crippen LogP contribution in [0.25, 0.3) is 22.1 Å². The molecule has 5 rings (SSSR count). The topological polar surface area (TPSA) is 77.1 Å². The number of hydrogen-bond donors (Lipinski definition) is 1. The van der Waals surface area contributed by atoms with E-state index in [4.69, 9.17) is 4.42 Å². The first-order valence-electron chi connectivity index (χ1n) is 10.4. The molecule has 6 heteroatoms. The van der Waals surface area contributed by atoms with Crippen LogP contribution in [-0.2, 0) is 16.8 Å². The molecule has 1 aliphatic rings. The van der Waals surface area contributed by atoms with E-state index in [0.717, 1.165) is 31.1 Å². The van der Waals surface area contributed by atoms with Crippen molar-refractivity contribution in [2.75, 3.05) is 6.54 Å². The maximum atomic E-state index is 12.8. The number of carbonyl (C=O) groups is 1. The molecular formula is C24H23N3O3. The van der Waals surface area contributed by atoms with E-state index in [1.165, 1.54) is 16.5 Å². The molecule has 4 aromatic rings. The number of furan rings is 1. The quantitative estimate of drug-likeness (QED) is 0.552. The molecule has 0 unspecified atom stereocenters. The average molecular weight is 401 g/mol. The van der Waals surface area contributed by atoms with Crippen LogP contribution in [0.3, 0.4) is 0 Å². The van der Waals surface area contributed by atoms with Gasteiger partial charge in [0, 0.05) is 17.3 Å². The maximum absolute atomic E-state index is 12.8. The number of para-hydroxylation sites is 1. The van der Waals surface area contributed by atoms with Gasteiger partial charge in [0.1, 0.15) is 17.6 Å². The Hall–Kier alpha value is -3.41. The number of amides is 1. The molecule has 0 radical (unpaired) electrons. The zero-order valence-electron chi connectivity index (χ0n) is 16.6. The van der Waals surface area contributed by atoms with Crippen molar-refractivity contribution < 1.29 is 9.21 Å². The third-order valence-electron chi connectivity index (χ3n) is 6.24. The van der Waals surface area contributed by atoms with Gasteiger partial charge in [-0.15, -0.1) is 0 Å². The molecule has 2 aromatic heterocycles. The molecule has 0 saturated heterocycles. The summed E-state index contributed by atoms with van der Waals surface area (Å²) in [5, 5.41) is 3.86. The predicted octanol–water partition coefficient (Wildman–Crippen LogP) is 3.77. The van der Waals surface area contributed by atoms with Crippen LogP contribution < -0.4 is 10.9 Å². The summed E-state index contributed by atoms with van der Waals surface area (Å²) in [5.41, 5.74) is 2.23.